The molecule has 0 aliphatic carbocycles. The van der Waals surface area contributed by atoms with Crippen LogP contribution in [0.2, 0.25) is 0 Å². The zero-order chi connectivity index (χ0) is 17.0. The van der Waals surface area contributed by atoms with Crippen molar-refractivity contribution in [1.82, 2.24) is 20.1 Å². The fourth-order valence-electron chi connectivity index (χ4n) is 2.07. The molecule has 6 nitrogen and oxygen atoms in total. The molecule has 23 heavy (non-hydrogen) atoms. The molecular weight excluding hydrogens is 299 g/mol. The Hall–Kier alpha value is -2.28. The first-order valence-electron chi connectivity index (χ1n) is 7.57. The predicted molar refractivity (Wildman–Crippen MR) is 84.0 cm³/mol. The molecule has 1 heterocycles. The molecule has 0 aliphatic rings. The van der Waals surface area contributed by atoms with Gasteiger partial charge in [0.15, 0.2) is 0 Å². The molecule has 0 bridgehead atoms. The van der Waals surface area contributed by atoms with Gasteiger partial charge in [-0.2, -0.15) is 0 Å². The summed E-state index contributed by atoms with van der Waals surface area (Å²) in [7, 11) is 0. The third kappa shape index (κ3) is 4.35. The third-order valence-electron chi connectivity index (χ3n) is 3.25. The highest BCUT2D eigenvalue weighted by Crippen LogP contribution is 2.18. The summed E-state index contributed by atoms with van der Waals surface area (Å²) in [5.74, 6) is -0.164. The smallest absolute Gasteiger partial charge is 0.290 e. The third-order valence-corrected chi connectivity index (χ3v) is 3.25. The van der Waals surface area contributed by atoms with Crippen LogP contribution in [0.15, 0.2) is 24.3 Å². The first-order valence-corrected chi connectivity index (χ1v) is 7.57. The number of nitrogens with one attached hydrogen (secondary N) is 1. The molecule has 1 amide bonds. The molecule has 1 aromatic heterocycles. The molecule has 1 aromatic carbocycles. The van der Waals surface area contributed by atoms with E-state index in [-0.39, 0.29) is 17.6 Å². The second kappa shape index (κ2) is 7.32. The van der Waals surface area contributed by atoms with Gasteiger partial charge in [0.25, 0.3) is 5.91 Å². The average molecular weight is 320 g/mol. The maximum Gasteiger partial charge on any atom is 0.290 e. The molecule has 1 atom stereocenters. The Bertz CT molecular complexity index is 682. The summed E-state index contributed by atoms with van der Waals surface area (Å²) >= 11 is 0. The number of carbonyl (C=O) groups excluding carboxylic acids is 1. The molecule has 1 unspecified atom stereocenters. The van der Waals surface area contributed by atoms with Gasteiger partial charge in [-0.25, -0.2) is 14.1 Å². The number of hydrogen-bond acceptors (Lipinski definition) is 4. The van der Waals surface area contributed by atoms with Gasteiger partial charge in [-0.3, -0.25) is 4.79 Å². The molecule has 0 saturated heterocycles. The lowest BCUT2D eigenvalue weighted by Crippen LogP contribution is -2.27. The van der Waals surface area contributed by atoms with Crippen molar-refractivity contribution in [3.05, 3.63) is 41.7 Å². The minimum Gasteiger partial charge on any atom is -0.393 e. The van der Waals surface area contributed by atoms with Crippen LogP contribution in [0, 0.1) is 5.82 Å². The molecule has 2 aromatic rings. The van der Waals surface area contributed by atoms with Gasteiger partial charge in [-0.1, -0.05) is 19.9 Å². The van der Waals surface area contributed by atoms with E-state index in [1.54, 1.807) is 19.1 Å². The van der Waals surface area contributed by atoms with Crippen LogP contribution in [-0.4, -0.2) is 38.4 Å². The average Bonchev–Trinajstić information content (AvgIpc) is 2.92. The van der Waals surface area contributed by atoms with E-state index in [1.807, 2.05) is 13.8 Å². The number of hydrogen-bond donors (Lipinski definition) is 2. The monoisotopic (exact) mass is 320 g/mol. The molecule has 0 aliphatic heterocycles. The summed E-state index contributed by atoms with van der Waals surface area (Å²) in [4.78, 5) is 16.4. The Morgan fingerprint density at radius 3 is 2.74 bits per heavy atom. The molecule has 7 heteroatoms. The summed E-state index contributed by atoms with van der Waals surface area (Å²) < 4.78 is 14.9. The van der Waals surface area contributed by atoms with Gasteiger partial charge in [-0.15, -0.1) is 5.10 Å². The lowest BCUT2D eigenvalue weighted by Gasteiger charge is -2.07. The van der Waals surface area contributed by atoms with Gasteiger partial charge in [-0.05, 0) is 31.5 Å². The van der Waals surface area contributed by atoms with Crippen molar-refractivity contribution < 1.29 is 14.3 Å². The van der Waals surface area contributed by atoms with E-state index in [1.165, 1.54) is 16.8 Å². The summed E-state index contributed by atoms with van der Waals surface area (Å²) in [5, 5.41) is 16.1. The maximum atomic E-state index is 13.4. The van der Waals surface area contributed by atoms with Crippen LogP contribution in [0.3, 0.4) is 0 Å². The molecule has 2 N–H and O–H groups in total. The van der Waals surface area contributed by atoms with Crippen LogP contribution in [-0.2, 0) is 0 Å². The topological polar surface area (TPSA) is 80.0 Å². The number of carbonyl (C=O) groups is 1. The zero-order valence-corrected chi connectivity index (χ0v) is 13.5. The minimum atomic E-state index is -0.487. The van der Waals surface area contributed by atoms with Crippen LogP contribution >= 0.6 is 0 Å². The molecule has 0 fully saturated rings. The van der Waals surface area contributed by atoms with E-state index in [4.69, 9.17) is 0 Å². The molecule has 0 radical (unpaired) electrons. The van der Waals surface area contributed by atoms with Crippen molar-refractivity contribution in [3.63, 3.8) is 0 Å². The fourth-order valence-corrected chi connectivity index (χ4v) is 2.07. The largest absolute Gasteiger partial charge is 0.393 e. The van der Waals surface area contributed by atoms with E-state index >= 15 is 0 Å². The number of amides is 1. The molecule has 2 rings (SSSR count). The summed E-state index contributed by atoms with van der Waals surface area (Å²) in [6.07, 6.45) is -0.0350. The molecule has 0 saturated carbocycles. The number of rotatable bonds is 6. The van der Waals surface area contributed by atoms with E-state index in [9.17, 15) is 14.3 Å². The van der Waals surface area contributed by atoms with Crippen LogP contribution in [0.1, 0.15) is 49.6 Å². The van der Waals surface area contributed by atoms with Crippen molar-refractivity contribution in [1.29, 1.82) is 0 Å². The van der Waals surface area contributed by atoms with Crippen LogP contribution in [0.4, 0.5) is 4.39 Å². The van der Waals surface area contributed by atoms with Gasteiger partial charge in [0.2, 0.25) is 5.82 Å². The van der Waals surface area contributed by atoms with E-state index in [0.717, 1.165) is 0 Å². The Labute approximate surface area is 134 Å². The predicted octanol–water partition coefficient (Wildman–Crippen LogP) is 2.03. The van der Waals surface area contributed by atoms with Gasteiger partial charge >= 0.3 is 0 Å². The highest BCUT2D eigenvalue weighted by Gasteiger charge is 2.19. The summed E-state index contributed by atoms with van der Waals surface area (Å²) in [5.41, 5.74) is 0.518. The van der Waals surface area contributed by atoms with Crippen LogP contribution < -0.4 is 5.32 Å². The molecule has 0 spiro atoms. The Morgan fingerprint density at radius 1 is 1.39 bits per heavy atom. The van der Waals surface area contributed by atoms with Gasteiger partial charge < -0.3 is 10.4 Å². The number of nitrogens with zero attached hydrogens (tertiary/aromatic N) is 3. The number of aliphatic hydroxyl groups is 1. The molecule has 124 valence electrons. The zero-order valence-electron chi connectivity index (χ0n) is 13.5. The lowest BCUT2D eigenvalue weighted by molar-refractivity contribution is 0.0935. The van der Waals surface area contributed by atoms with Gasteiger partial charge in [0.05, 0.1) is 11.8 Å². The maximum absolute atomic E-state index is 13.4. The second-order valence-corrected chi connectivity index (χ2v) is 5.73. The highest BCUT2D eigenvalue weighted by atomic mass is 19.1. The summed E-state index contributed by atoms with van der Waals surface area (Å²) in [6, 6.07) is 5.98. The number of aliphatic hydroxyl groups excluding tert-OH is 1. The second-order valence-electron chi connectivity index (χ2n) is 5.73. The van der Waals surface area contributed by atoms with Crippen molar-refractivity contribution in [3.8, 4) is 5.69 Å². The lowest BCUT2D eigenvalue weighted by atomic mass is 10.2. The van der Waals surface area contributed by atoms with Gasteiger partial charge in [0, 0.05) is 12.5 Å². The normalized spacial score (nSPS) is 12.4. The number of aromatic nitrogens is 3. The summed E-state index contributed by atoms with van der Waals surface area (Å²) in [6.45, 7) is 5.84. The standard InChI is InChI=1S/C16H21FN4O2/c1-10(2)15-19-14(16(23)18-8-7-11(3)22)20-21(15)13-6-4-5-12(17)9-13/h4-6,9-11,22H,7-8H2,1-3H3,(H,18,23). The Balaban J connectivity index is 2.26. The Morgan fingerprint density at radius 2 is 2.13 bits per heavy atom. The van der Waals surface area contributed by atoms with Crippen LogP contribution in [0.25, 0.3) is 5.69 Å². The number of benzene rings is 1. The van der Waals surface area contributed by atoms with E-state index < -0.39 is 12.0 Å². The van der Waals surface area contributed by atoms with E-state index in [2.05, 4.69) is 15.4 Å². The number of halogens is 1. The van der Waals surface area contributed by atoms with Crippen molar-refractivity contribution in [2.75, 3.05) is 6.54 Å². The van der Waals surface area contributed by atoms with Crippen molar-refractivity contribution in [2.24, 2.45) is 0 Å². The fraction of sp³-hybridized carbons (Fsp3) is 0.438. The minimum absolute atomic E-state index is 0.0183. The van der Waals surface area contributed by atoms with Crippen molar-refractivity contribution in [2.45, 2.75) is 39.2 Å². The van der Waals surface area contributed by atoms with E-state index in [0.29, 0.717) is 24.5 Å². The highest BCUT2D eigenvalue weighted by molar-refractivity contribution is 5.90. The Kier molecular flexibility index (Phi) is 5.44. The first-order chi connectivity index (χ1) is 10.9. The quantitative estimate of drug-likeness (QED) is 0.853. The first kappa shape index (κ1) is 17.1. The molecular formula is C16H21FN4O2. The van der Waals surface area contributed by atoms with Gasteiger partial charge in [0.1, 0.15) is 11.6 Å². The van der Waals surface area contributed by atoms with Crippen LogP contribution in [0.5, 0.6) is 0 Å². The van der Waals surface area contributed by atoms with Crippen molar-refractivity contribution >= 4 is 5.91 Å². The SMILES string of the molecule is CC(O)CCNC(=O)c1nc(C(C)C)n(-c2cccc(F)c2)n1.